The van der Waals surface area contributed by atoms with Gasteiger partial charge in [0.1, 0.15) is 17.3 Å². The van der Waals surface area contributed by atoms with E-state index in [1.807, 2.05) is 0 Å². The molecule has 0 aliphatic rings. The van der Waals surface area contributed by atoms with E-state index in [9.17, 15) is 13.2 Å². The monoisotopic (exact) mass is 418 g/mol. The first-order valence-electron chi connectivity index (χ1n) is 8.18. The first kappa shape index (κ1) is 19.8. The van der Waals surface area contributed by atoms with Gasteiger partial charge in [-0.15, -0.1) is 11.3 Å². The van der Waals surface area contributed by atoms with Gasteiger partial charge in [-0.25, -0.2) is 13.4 Å². The average molecular weight is 418 g/mol. The number of nitrogens with zero attached hydrogens (tertiary/aromatic N) is 1. The molecule has 0 radical (unpaired) electrons. The fourth-order valence-corrected chi connectivity index (χ4v) is 4.39. The number of thiazole rings is 1. The number of methoxy groups -OCH3 is 2. The molecule has 1 aromatic heterocycles. The Labute approximate surface area is 166 Å². The van der Waals surface area contributed by atoms with Crippen molar-refractivity contribution in [1.82, 2.24) is 4.98 Å². The molecule has 1 N–H and O–H groups in total. The van der Waals surface area contributed by atoms with Crippen LogP contribution in [0, 0.1) is 0 Å². The highest BCUT2D eigenvalue weighted by molar-refractivity contribution is 7.92. The molecule has 28 heavy (non-hydrogen) atoms. The summed E-state index contributed by atoms with van der Waals surface area (Å²) in [5.41, 5.74) is 1.29. The summed E-state index contributed by atoms with van der Waals surface area (Å²) >= 11 is 1.19. The molecule has 0 fully saturated rings. The smallest absolute Gasteiger partial charge is 0.241 e. The second kappa shape index (κ2) is 8.41. The lowest BCUT2D eigenvalue weighted by Gasteiger charge is -2.08. The Morgan fingerprint density at radius 2 is 1.86 bits per heavy atom. The SMILES string of the molecule is COc1ccc(OC)c(-c2csc(NC(=O)CS(=O)(=O)c3ccccc3)n2)c1. The van der Waals surface area contributed by atoms with E-state index in [1.54, 1.807) is 56.0 Å². The summed E-state index contributed by atoms with van der Waals surface area (Å²) in [6, 6.07) is 13.2. The zero-order valence-corrected chi connectivity index (χ0v) is 16.8. The Morgan fingerprint density at radius 1 is 1.11 bits per heavy atom. The lowest BCUT2D eigenvalue weighted by atomic mass is 10.1. The summed E-state index contributed by atoms with van der Waals surface area (Å²) in [7, 11) is -0.605. The van der Waals surface area contributed by atoms with Crippen LogP contribution in [0.1, 0.15) is 0 Å². The second-order valence-electron chi connectivity index (χ2n) is 5.72. The van der Waals surface area contributed by atoms with Gasteiger partial charge in [-0.05, 0) is 30.3 Å². The van der Waals surface area contributed by atoms with Gasteiger partial charge in [0, 0.05) is 10.9 Å². The molecule has 0 aliphatic heterocycles. The van der Waals surface area contributed by atoms with Crippen LogP contribution in [-0.4, -0.2) is 39.3 Å². The van der Waals surface area contributed by atoms with Crippen molar-refractivity contribution in [3.05, 3.63) is 53.9 Å². The summed E-state index contributed by atoms with van der Waals surface area (Å²) in [4.78, 5) is 16.7. The zero-order chi connectivity index (χ0) is 20.1. The molecular weight excluding hydrogens is 400 g/mol. The van der Waals surface area contributed by atoms with Crippen molar-refractivity contribution in [2.75, 3.05) is 25.3 Å². The molecule has 3 aromatic rings. The summed E-state index contributed by atoms with van der Waals surface area (Å²) in [5, 5.41) is 4.59. The van der Waals surface area contributed by atoms with E-state index in [0.717, 1.165) is 0 Å². The normalized spacial score (nSPS) is 11.1. The maximum Gasteiger partial charge on any atom is 0.241 e. The largest absolute Gasteiger partial charge is 0.497 e. The first-order chi connectivity index (χ1) is 13.4. The van der Waals surface area contributed by atoms with E-state index in [-0.39, 0.29) is 4.90 Å². The molecule has 0 unspecified atom stereocenters. The van der Waals surface area contributed by atoms with Gasteiger partial charge in [0.05, 0.1) is 24.8 Å². The van der Waals surface area contributed by atoms with Crippen molar-refractivity contribution in [2.24, 2.45) is 0 Å². The van der Waals surface area contributed by atoms with Crippen LogP contribution >= 0.6 is 11.3 Å². The number of carbonyl (C=O) groups excluding carboxylic acids is 1. The van der Waals surface area contributed by atoms with Gasteiger partial charge in [0.15, 0.2) is 15.0 Å². The Hall–Kier alpha value is -2.91. The fraction of sp³-hybridized carbons (Fsp3) is 0.158. The Bertz CT molecular complexity index is 1080. The van der Waals surface area contributed by atoms with Crippen LogP contribution in [0.2, 0.25) is 0 Å². The highest BCUT2D eigenvalue weighted by atomic mass is 32.2. The first-order valence-corrected chi connectivity index (χ1v) is 10.7. The Morgan fingerprint density at radius 3 is 2.54 bits per heavy atom. The van der Waals surface area contributed by atoms with Gasteiger partial charge < -0.3 is 14.8 Å². The summed E-state index contributed by atoms with van der Waals surface area (Å²) in [6.45, 7) is 0. The van der Waals surface area contributed by atoms with E-state index in [2.05, 4.69) is 10.3 Å². The number of anilines is 1. The number of aromatic nitrogens is 1. The maximum absolute atomic E-state index is 12.3. The number of benzene rings is 2. The number of amides is 1. The molecule has 146 valence electrons. The van der Waals surface area contributed by atoms with E-state index < -0.39 is 21.5 Å². The number of hydrogen-bond acceptors (Lipinski definition) is 7. The minimum absolute atomic E-state index is 0.103. The second-order valence-corrected chi connectivity index (χ2v) is 8.57. The van der Waals surface area contributed by atoms with Crippen LogP contribution < -0.4 is 14.8 Å². The summed E-state index contributed by atoms with van der Waals surface area (Å²) in [6.07, 6.45) is 0. The van der Waals surface area contributed by atoms with E-state index in [1.165, 1.54) is 23.5 Å². The Kier molecular flexibility index (Phi) is 5.96. The van der Waals surface area contributed by atoms with Crippen molar-refractivity contribution in [3.8, 4) is 22.8 Å². The number of carbonyl (C=O) groups is 1. The quantitative estimate of drug-likeness (QED) is 0.633. The maximum atomic E-state index is 12.3. The minimum atomic E-state index is -3.72. The molecule has 3 rings (SSSR count). The molecule has 2 aromatic carbocycles. The van der Waals surface area contributed by atoms with Gasteiger partial charge in [-0.1, -0.05) is 18.2 Å². The molecule has 0 bridgehead atoms. The van der Waals surface area contributed by atoms with Crippen molar-refractivity contribution in [3.63, 3.8) is 0 Å². The molecule has 0 atom stereocenters. The number of rotatable bonds is 7. The van der Waals surface area contributed by atoms with Crippen LogP contribution in [0.25, 0.3) is 11.3 Å². The molecule has 1 amide bonds. The van der Waals surface area contributed by atoms with Crippen LogP contribution in [0.3, 0.4) is 0 Å². The molecule has 0 spiro atoms. The molecule has 1 heterocycles. The number of ether oxygens (including phenoxy) is 2. The van der Waals surface area contributed by atoms with Crippen LogP contribution in [0.15, 0.2) is 58.8 Å². The standard InChI is InChI=1S/C19H18N2O5S2/c1-25-13-8-9-17(26-2)15(10-13)16-11-27-19(20-16)21-18(22)12-28(23,24)14-6-4-3-5-7-14/h3-11H,12H2,1-2H3,(H,20,21,22). The highest BCUT2D eigenvalue weighted by Crippen LogP contribution is 2.35. The molecule has 7 nitrogen and oxygen atoms in total. The van der Waals surface area contributed by atoms with E-state index >= 15 is 0 Å². The average Bonchev–Trinajstić information content (AvgIpc) is 3.15. The number of nitrogens with one attached hydrogen (secondary N) is 1. The van der Waals surface area contributed by atoms with Crippen molar-refractivity contribution < 1.29 is 22.7 Å². The van der Waals surface area contributed by atoms with Crippen LogP contribution in [-0.2, 0) is 14.6 Å². The molecule has 0 saturated heterocycles. The molecule has 0 aliphatic carbocycles. The van der Waals surface area contributed by atoms with Gasteiger partial charge in [0.2, 0.25) is 5.91 Å². The van der Waals surface area contributed by atoms with Gasteiger partial charge >= 0.3 is 0 Å². The number of sulfone groups is 1. The van der Waals surface area contributed by atoms with E-state index in [4.69, 9.17) is 9.47 Å². The third-order valence-electron chi connectivity index (χ3n) is 3.86. The predicted octanol–water partition coefficient (Wildman–Crippen LogP) is 3.24. The lowest BCUT2D eigenvalue weighted by molar-refractivity contribution is -0.113. The van der Waals surface area contributed by atoms with Gasteiger partial charge in [0.25, 0.3) is 0 Å². The topological polar surface area (TPSA) is 94.6 Å². The van der Waals surface area contributed by atoms with Gasteiger partial charge in [-0.2, -0.15) is 0 Å². The number of hydrogen-bond donors (Lipinski definition) is 1. The molecule has 0 saturated carbocycles. The summed E-state index contributed by atoms with van der Waals surface area (Å²) in [5.74, 6) is -0.0599. The van der Waals surface area contributed by atoms with E-state index in [0.29, 0.717) is 27.9 Å². The third-order valence-corrected chi connectivity index (χ3v) is 6.25. The van der Waals surface area contributed by atoms with Crippen molar-refractivity contribution >= 4 is 32.2 Å². The third kappa shape index (κ3) is 4.49. The van der Waals surface area contributed by atoms with Crippen molar-refractivity contribution in [1.29, 1.82) is 0 Å². The van der Waals surface area contributed by atoms with Crippen LogP contribution in [0.4, 0.5) is 5.13 Å². The van der Waals surface area contributed by atoms with Crippen molar-refractivity contribution in [2.45, 2.75) is 4.90 Å². The Balaban J connectivity index is 1.76. The van der Waals surface area contributed by atoms with Crippen LogP contribution in [0.5, 0.6) is 11.5 Å². The molecule has 9 heteroatoms. The lowest BCUT2D eigenvalue weighted by Crippen LogP contribution is -2.22. The summed E-state index contributed by atoms with van der Waals surface area (Å²) < 4.78 is 35.2. The fourth-order valence-electron chi connectivity index (χ4n) is 2.51. The zero-order valence-electron chi connectivity index (χ0n) is 15.2. The van der Waals surface area contributed by atoms with Gasteiger partial charge in [-0.3, -0.25) is 4.79 Å². The highest BCUT2D eigenvalue weighted by Gasteiger charge is 2.20. The predicted molar refractivity (Wildman–Crippen MR) is 108 cm³/mol. The molecular formula is C19H18N2O5S2. The minimum Gasteiger partial charge on any atom is -0.497 e.